The summed E-state index contributed by atoms with van der Waals surface area (Å²) < 4.78 is 1.93. The first-order valence-electron chi connectivity index (χ1n) is 9.41. The summed E-state index contributed by atoms with van der Waals surface area (Å²) in [7, 11) is 0. The number of carbonyl (C=O) groups is 2. The Balaban J connectivity index is 1.54. The van der Waals surface area contributed by atoms with E-state index in [0.29, 0.717) is 11.0 Å². The number of nitrogens with one attached hydrogen (secondary N) is 2. The Morgan fingerprint density at radius 2 is 1.79 bits per heavy atom. The van der Waals surface area contributed by atoms with Gasteiger partial charge in [-0.2, -0.15) is 0 Å². The third kappa shape index (κ3) is 4.83. The molecule has 1 saturated carbocycles. The van der Waals surface area contributed by atoms with Gasteiger partial charge in [-0.1, -0.05) is 59.8 Å². The zero-order valence-electron chi connectivity index (χ0n) is 16.0. The predicted octanol–water partition coefficient (Wildman–Crippen LogP) is 3.32. The van der Waals surface area contributed by atoms with E-state index in [1.807, 2.05) is 66.1 Å². The zero-order valence-corrected chi connectivity index (χ0v) is 16.8. The van der Waals surface area contributed by atoms with Gasteiger partial charge in [-0.25, -0.2) is 4.79 Å². The van der Waals surface area contributed by atoms with Crippen molar-refractivity contribution in [2.45, 2.75) is 31.0 Å². The standard InChI is InChI=1S/C21H21N5O2S/c1-14-7-11-17(12-8-14)26-19(15-5-3-2-4-6-15)24-25-21(26)29-13-18(27)23-20(28)22-16-9-10-16/h2-8,11-12,16H,9-10,13H2,1H3,(H2,22,23,27,28). The van der Waals surface area contributed by atoms with Gasteiger partial charge in [0.2, 0.25) is 5.91 Å². The third-order valence-corrected chi connectivity index (χ3v) is 5.38. The van der Waals surface area contributed by atoms with Gasteiger partial charge in [0.05, 0.1) is 5.75 Å². The van der Waals surface area contributed by atoms with E-state index in [1.165, 1.54) is 11.8 Å². The lowest BCUT2D eigenvalue weighted by Crippen LogP contribution is -2.41. The zero-order chi connectivity index (χ0) is 20.2. The first-order valence-corrected chi connectivity index (χ1v) is 10.4. The maximum absolute atomic E-state index is 12.1. The number of nitrogens with zero attached hydrogens (tertiary/aromatic N) is 3. The minimum absolute atomic E-state index is 0.0663. The summed E-state index contributed by atoms with van der Waals surface area (Å²) in [6.07, 6.45) is 1.94. The van der Waals surface area contributed by atoms with Crippen molar-refractivity contribution in [1.29, 1.82) is 0 Å². The Morgan fingerprint density at radius 3 is 2.48 bits per heavy atom. The third-order valence-electron chi connectivity index (χ3n) is 4.46. The van der Waals surface area contributed by atoms with E-state index in [0.717, 1.165) is 29.7 Å². The molecule has 0 unspecified atom stereocenters. The number of thioether (sulfide) groups is 1. The highest BCUT2D eigenvalue weighted by Crippen LogP contribution is 2.28. The highest BCUT2D eigenvalue weighted by atomic mass is 32.2. The Morgan fingerprint density at radius 1 is 1.07 bits per heavy atom. The molecular formula is C21H21N5O2S. The van der Waals surface area contributed by atoms with Crippen molar-refractivity contribution in [3.63, 3.8) is 0 Å². The van der Waals surface area contributed by atoms with Gasteiger partial charge in [0.25, 0.3) is 0 Å². The van der Waals surface area contributed by atoms with Gasteiger partial charge in [-0.3, -0.25) is 14.7 Å². The number of hydrogen-bond donors (Lipinski definition) is 2. The predicted molar refractivity (Wildman–Crippen MR) is 112 cm³/mol. The molecule has 0 saturated heterocycles. The molecule has 29 heavy (non-hydrogen) atoms. The summed E-state index contributed by atoms with van der Waals surface area (Å²) in [5.74, 6) is 0.397. The fraction of sp³-hybridized carbons (Fsp3) is 0.238. The molecule has 1 aliphatic carbocycles. The Hall–Kier alpha value is -3.13. The number of imide groups is 1. The molecule has 3 amide bonds. The van der Waals surface area contributed by atoms with Crippen LogP contribution in [0.3, 0.4) is 0 Å². The van der Waals surface area contributed by atoms with Crippen LogP contribution in [0, 0.1) is 6.92 Å². The van der Waals surface area contributed by atoms with E-state index in [-0.39, 0.29) is 17.7 Å². The minimum atomic E-state index is -0.442. The van der Waals surface area contributed by atoms with Gasteiger partial charge in [0.1, 0.15) is 0 Å². The van der Waals surface area contributed by atoms with E-state index >= 15 is 0 Å². The Labute approximate surface area is 172 Å². The van der Waals surface area contributed by atoms with Gasteiger partial charge in [-0.05, 0) is 31.9 Å². The van der Waals surface area contributed by atoms with Gasteiger partial charge < -0.3 is 5.32 Å². The SMILES string of the molecule is Cc1ccc(-n2c(SCC(=O)NC(=O)NC3CC3)nnc2-c2ccccc2)cc1. The highest BCUT2D eigenvalue weighted by molar-refractivity contribution is 7.99. The Kier molecular flexibility index (Phi) is 5.62. The summed E-state index contributed by atoms with van der Waals surface area (Å²) in [4.78, 5) is 23.9. The van der Waals surface area contributed by atoms with Crippen LogP contribution in [-0.4, -0.2) is 38.5 Å². The number of aromatic nitrogens is 3. The quantitative estimate of drug-likeness (QED) is 0.612. The molecule has 1 heterocycles. The van der Waals surface area contributed by atoms with Crippen molar-refractivity contribution in [3.05, 3.63) is 60.2 Å². The van der Waals surface area contributed by atoms with Crippen LogP contribution >= 0.6 is 11.8 Å². The molecule has 1 aromatic heterocycles. The molecule has 0 bridgehead atoms. The van der Waals surface area contributed by atoms with Crippen molar-refractivity contribution in [1.82, 2.24) is 25.4 Å². The van der Waals surface area contributed by atoms with Gasteiger partial charge >= 0.3 is 6.03 Å². The number of rotatable bonds is 6. The molecule has 8 heteroatoms. The number of benzene rings is 2. The fourth-order valence-corrected chi connectivity index (χ4v) is 3.56. The number of carbonyl (C=O) groups excluding carboxylic acids is 2. The summed E-state index contributed by atoms with van der Waals surface area (Å²) in [6.45, 7) is 2.03. The second-order valence-corrected chi connectivity index (χ2v) is 7.87. The number of hydrogen-bond acceptors (Lipinski definition) is 5. The van der Waals surface area contributed by atoms with E-state index in [2.05, 4.69) is 20.8 Å². The van der Waals surface area contributed by atoms with Gasteiger partial charge in [0.15, 0.2) is 11.0 Å². The molecule has 148 valence electrons. The van der Waals surface area contributed by atoms with Crippen molar-refractivity contribution >= 4 is 23.7 Å². The van der Waals surface area contributed by atoms with Crippen LogP contribution < -0.4 is 10.6 Å². The lowest BCUT2D eigenvalue weighted by Gasteiger charge is -2.11. The maximum Gasteiger partial charge on any atom is 0.321 e. The van der Waals surface area contributed by atoms with Gasteiger partial charge in [0, 0.05) is 17.3 Å². The van der Waals surface area contributed by atoms with E-state index in [9.17, 15) is 9.59 Å². The molecule has 1 fully saturated rings. The van der Waals surface area contributed by atoms with Crippen LogP contribution in [0.5, 0.6) is 0 Å². The average Bonchev–Trinajstić information content (AvgIpc) is 3.43. The van der Waals surface area contributed by atoms with Crippen molar-refractivity contribution in [3.8, 4) is 17.1 Å². The van der Waals surface area contributed by atoms with Gasteiger partial charge in [-0.15, -0.1) is 10.2 Å². The molecule has 0 spiro atoms. The summed E-state index contributed by atoms with van der Waals surface area (Å²) >= 11 is 1.24. The highest BCUT2D eigenvalue weighted by Gasteiger charge is 2.24. The molecule has 0 atom stereocenters. The van der Waals surface area contributed by atoms with Crippen LogP contribution in [0.1, 0.15) is 18.4 Å². The molecule has 7 nitrogen and oxygen atoms in total. The molecule has 0 radical (unpaired) electrons. The van der Waals surface area contributed by atoms with Crippen LogP contribution in [0.15, 0.2) is 59.8 Å². The minimum Gasteiger partial charge on any atom is -0.335 e. The van der Waals surface area contributed by atoms with Crippen molar-refractivity contribution < 1.29 is 9.59 Å². The number of urea groups is 1. The molecule has 3 aromatic rings. The number of aryl methyl sites for hydroxylation is 1. The fourth-order valence-electron chi connectivity index (χ4n) is 2.81. The van der Waals surface area contributed by atoms with Crippen molar-refractivity contribution in [2.24, 2.45) is 0 Å². The van der Waals surface area contributed by atoms with E-state index in [4.69, 9.17) is 0 Å². The number of amides is 3. The monoisotopic (exact) mass is 407 g/mol. The largest absolute Gasteiger partial charge is 0.335 e. The van der Waals surface area contributed by atoms with Crippen LogP contribution in [0.4, 0.5) is 4.79 Å². The first-order chi connectivity index (χ1) is 14.1. The maximum atomic E-state index is 12.1. The Bertz CT molecular complexity index is 1010. The van der Waals surface area contributed by atoms with Crippen LogP contribution in [0.25, 0.3) is 17.1 Å². The molecule has 2 N–H and O–H groups in total. The average molecular weight is 407 g/mol. The molecular weight excluding hydrogens is 386 g/mol. The van der Waals surface area contributed by atoms with E-state index < -0.39 is 6.03 Å². The first kappa shape index (κ1) is 19.2. The normalized spacial score (nSPS) is 13.1. The molecule has 0 aliphatic heterocycles. The lowest BCUT2D eigenvalue weighted by atomic mass is 10.2. The molecule has 2 aromatic carbocycles. The molecule has 4 rings (SSSR count). The van der Waals surface area contributed by atoms with Crippen molar-refractivity contribution in [2.75, 3.05) is 5.75 Å². The molecule has 1 aliphatic rings. The topological polar surface area (TPSA) is 88.9 Å². The lowest BCUT2D eigenvalue weighted by molar-refractivity contribution is -0.117. The summed E-state index contributed by atoms with van der Waals surface area (Å²) in [6, 6.07) is 17.6. The second kappa shape index (κ2) is 8.48. The second-order valence-electron chi connectivity index (χ2n) is 6.93. The summed E-state index contributed by atoms with van der Waals surface area (Å²) in [5, 5.41) is 14.3. The van der Waals surface area contributed by atoms with E-state index in [1.54, 1.807) is 0 Å². The smallest absolute Gasteiger partial charge is 0.321 e. The van der Waals surface area contributed by atoms with Crippen LogP contribution in [0.2, 0.25) is 0 Å². The summed E-state index contributed by atoms with van der Waals surface area (Å²) in [5.41, 5.74) is 2.99. The van der Waals surface area contributed by atoms with Crippen LogP contribution in [-0.2, 0) is 4.79 Å².